The standard InChI is InChI=1S/C42H41Cl2N5O12/c1-22(50)56-21-35-38(57-23(2)51)39(58-24(3)52)40(59-25(4)53)41(61-35)49-20-29(46-47-49)16-18-55-30-10-5-26(6-11-30)37-36-32(33-19-28(44)9-14-34(33)45-36)15-17-48(37)42(54)60-31-12-7-27(43)8-13-31/h5-14,19-20,35,37-41,45H,15-18,21H2,1-4H3. The molecule has 0 radical (unpaired) electrons. The van der Waals surface area contributed by atoms with Gasteiger partial charge in [0.05, 0.1) is 18.5 Å². The lowest BCUT2D eigenvalue weighted by atomic mass is 9.92. The first kappa shape index (κ1) is 42.9. The Kier molecular flexibility index (Phi) is 13.1. The Morgan fingerprint density at radius 2 is 1.46 bits per heavy atom. The van der Waals surface area contributed by atoms with Crippen molar-refractivity contribution in [2.24, 2.45) is 0 Å². The number of amides is 1. The molecule has 6 unspecified atom stereocenters. The zero-order chi connectivity index (χ0) is 43.4. The average Bonchev–Trinajstić information content (AvgIpc) is 3.83. The quantitative estimate of drug-likeness (QED) is 0.112. The number of aromatic amines is 1. The number of halogens is 2. The molecule has 4 heterocycles. The van der Waals surface area contributed by atoms with Gasteiger partial charge in [0, 0.05) is 67.3 Å². The number of hydrogen-bond acceptors (Lipinski definition) is 14. The van der Waals surface area contributed by atoms with E-state index in [1.807, 2.05) is 30.3 Å². The third kappa shape index (κ3) is 10.1. The number of nitrogens with one attached hydrogen (secondary N) is 1. The predicted octanol–water partition coefficient (Wildman–Crippen LogP) is 6.09. The fraction of sp³-hybridized carbons (Fsp3) is 0.357. The van der Waals surface area contributed by atoms with Gasteiger partial charge >= 0.3 is 30.0 Å². The van der Waals surface area contributed by atoms with Crippen molar-refractivity contribution in [3.8, 4) is 11.5 Å². The van der Waals surface area contributed by atoms with Crippen molar-refractivity contribution in [1.29, 1.82) is 0 Å². The summed E-state index contributed by atoms with van der Waals surface area (Å²) in [7, 11) is 0. The van der Waals surface area contributed by atoms with Crippen molar-refractivity contribution in [3.63, 3.8) is 0 Å². The van der Waals surface area contributed by atoms with Crippen molar-refractivity contribution in [2.75, 3.05) is 19.8 Å². The van der Waals surface area contributed by atoms with Crippen molar-refractivity contribution < 1.29 is 57.1 Å². The molecule has 1 fully saturated rings. The highest BCUT2D eigenvalue weighted by Gasteiger charge is 2.53. The molecule has 7 rings (SSSR count). The number of H-pyrrole nitrogens is 1. The Labute approximate surface area is 359 Å². The average molecular weight is 879 g/mol. The third-order valence-electron chi connectivity index (χ3n) is 9.95. The summed E-state index contributed by atoms with van der Waals surface area (Å²) in [5.74, 6) is -1.95. The Hall–Kier alpha value is -6.17. The van der Waals surface area contributed by atoms with Crippen LogP contribution in [0.1, 0.15) is 62.5 Å². The molecule has 1 saturated heterocycles. The molecule has 320 valence electrons. The van der Waals surface area contributed by atoms with E-state index in [0.29, 0.717) is 40.2 Å². The van der Waals surface area contributed by atoms with Gasteiger partial charge < -0.3 is 38.1 Å². The molecule has 0 spiro atoms. The molecule has 0 aliphatic carbocycles. The van der Waals surface area contributed by atoms with Gasteiger partial charge in [0.15, 0.2) is 24.5 Å². The van der Waals surface area contributed by atoms with Crippen LogP contribution in [-0.2, 0) is 55.7 Å². The van der Waals surface area contributed by atoms with E-state index in [-0.39, 0.29) is 19.6 Å². The molecule has 2 aromatic heterocycles. The molecular formula is C42H41Cl2N5O12. The highest BCUT2D eigenvalue weighted by atomic mass is 35.5. The normalized spacial score (nSPS) is 20.9. The molecule has 2 aliphatic heterocycles. The summed E-state index contributed by atoms with van der Waals surface area (Å²) >= 11 is 12.4. The largest absolute Gasteiger partial charge is 0.493 e. The maximum Gasteiger partial charge on any atom is 0.416 e. The van der Waals surface area contributed by atoms with Gasteiger partial charge in [0.2, 0.25) is 0 Å². The van der Waals surface area contributed by atoms with Crippen LogP contribution in [0, 0.1) is 0 Å². The number of aromatic nitrogens is 4. The van der Waals surface area contributed by atoms with Crippen molar-refractivity contribution in [1.82, 2.24) is 24.9 Å². The number of carbonyl (C=O) groups is 5. The molecule has 6 atom stereocenters. The van der Waals surface area contributed by atoms with Crippen LogP contribution < -0.4 is 9.47 Å². The molecule has 0 saturated carbocycles. The van der Waals surface area contributed by atoms with E-state index < -0.39 is 66.7 Å². The number of fused-ring (bicyclic) bond motifs is 3. The van der Waals surface area contributed by atoms with Crippen LogP contribution in [0.3, 0.4) is 0 Å². The van der Waals surface area contributed by atoms with Crippen molar-refractivity contribution >= 4 is 64.1 Å². The number of nitrogens with zero attached hydrogens (tertiary/aromatic N) is 4. The number of benzene rings is 3. The van der Waals surface area contributed by atoms with Gasteiger partial charge in [-0.25, -0.2) is 9.48 Å². The first-order valence-electron chi connectivity index (χ1n) is 19.2. The number of esters is 4. The molecule has 17 nitrogen and oxygen atoms in total. The predicted molar refractivity (Wildman–Crippen MR) is 216 cm³/mol. The van der Waals surface area contributed by atoms with Crippen LogP contribution in [0.5, 0.6) is 11.5 Å². The number of rotatable bonds is 12. The minimum absolute atomic E-state index is 0.173. The van der Waals surface area contributed by atoms with Crippen LogP contribution in [0.4, 0.5) is 4.79 Å². The minimum Gasteiger partial charge on any atom is -0.493 e. The second-order valence-corrected chi connectivity index (χ2v) is 15.2. The van der Waals surface area contributed by atoms with Crippen LogP contribution in [0.2, 0.25) is 10.0 Å². The SMILES string of the molecule is CC(=O)OCC1OC(n2cc(CCOc3ccc(C4c5[nH]c6ccc(Cl)cc6c5CCN4C(=O)Oc4ccc(Cl)cc4)cc3)nn2)C(OC(C)=O)C(OC(C)=O)C1OC(C)=O. The van der Waals surface area contributed by atoms with E-state index in [9.17, 15) is 24.0 Å². The van der Waals surface area contributed by atoms with E-state index in [2.05, 4.69) is 15.3 Å². The fourth-order valence-corrected chi connectivity index (χ4v) is 7.75. The third-order valence-corrected chi connectivity index (χ3v) is 10.4. The van der Waals surface area contributed by atoms with Crippen LogP contribution in [0.15, 0.2) is 72.9 Å². The monoisotopic (exact) mass is 877 g/mol. The Morgan fingerprint density at radius 1 is 0.803 bits per heavy atom. The molecule has 0 bridgehead atoms. The van der Waals surface area contributed by atoms with E-state index in [1.54, 1.807) is 47.5 Å². The van der Waals surface area contributed by atoms with Gasteiger partial charge in [-0.2, -0.15) is 0 Å². The molecule has 61 heavy (non-hydrogen) atoms. The molecule has 1 amide bonds. The Balaban J connectivity index is 1.07. The summed E-state index contributed by atoms with van der Waals surface area (Å²) in [6.07, 6.45) is -4.52. The van der Waals surface area contributed by atoms with Gasteiger partial charge in [-0.05, 0) is 72.1 Å². The molecule has 3 aromatic carbocycles. The first-order chi connectivity index (χ1) is 29.2. The van der Waals surface area contributed by atoms with Crippen LogP contribution in [-0.4, -0.2) is 99.0 Å². The number of carbonyl (C=O) groups excluding carboxylic acids is 5. The van der Waals surface area contributed by atoms with Gasteiger partial charge in [-0.3, -0.25) is 24.1 Å². The summed E-state index contributed by atoms with van der Waals surface area (Å²) < 4.78 is 41.0. The lowest BCUT2D eigenvalue weighted by Gasteiger charge is -2.44. The van der Waals surface area contributed by atoms with Gasteiger partial charge in [0.1, 0.15) is 30.3 Å². The second-order valence-electron chi connectivity index (χ2n) is 14.3. The lowest BCUT2D eigenvalue weighted by Crippen LogP contribution is -2.60. The molecule has 1 N–H and O–H groups in total. The maximum absolute atomic E-state index is 13.7. The topological polar surface area (TPSA) is 200 Å². The highest BCUT2D eigenvalue weighted by Crippen LogP contribution is 2.40. The van der Waals surface area contributed by atoms with Gasteiger partial charge in [-0.15, -0.1) is 5.10 Å². The van der Waals surface area contributed by atoms with E-state index >= 15 is 0 Å². The summed E-state index contributed by atoms with van der Waals surface area (Å²) in [4.78, 5) is 67.2. The second kappa shape index (κ2) is 18.6. The Bertz CT molecular complexity index is 2420. The van der Waals surface area contributed by atoms with Crippen molar-refractivity contribution in [2.45, 2.75) is 77.2 Å². The molecule has 2 aliphatic rings. The van der Waals surface area contributed by atoms with E-state index in [4.69, 9.17) is 56.4 Å². The summed E-state index contributed by atoms with van der Waals surface area (Å²) in [5, 5.41) is 10.5. The molecular weight excluding hydrogens is 837 g/mol. The van der Waals surface area contributed by atoms with Crippen LogP contribution >= 0.6 is 23.2 Å². The highest BCUT2D eigenvalue weighted by molar-refractivity contribution is 6.31. The number of hydrogen-bond donors (Lipinski definition) is 1. The smallest absolute Gasteiger partial charge is 0.416 e. The fourth-order valence-electron chi connectivity index (χ4n) is 7.46. The van der Waals surface area contributed by atoms with Crippen LogP contribution in [0.25, 0.3) is 10.9 Å². The maximum atomic E-state index is 13.7. The zero-order valence-electron chi connectivity index (χ0n) is 33.4. The van der Waals surface area contributed by atoms with Gasteiger partial charge in [-0.1, -0.05) is 40.5 Å². The number of ether oxygens (including phenoxy) is 7. The van der Waals surface area contributed by atoms with E-state index in [1.165, 1.54) is 11.6 Å². The summed E-state index contributed by atoms with van der Waals surface area (Å²) in [6.45, 7) is 4.81. The first-order valence-corrected chi connectivity index (χ1v) is 20.0. The Morgan fingerprint density at radius 3 is 2.15 bits per heavy atom. The van der Waals surface area contributed by atoms with Gasteiger partial charge in [0.25, 0.3) is 0 Å². The van der Waals surface area contributed by atoms with E-state index in [0.717, 1.165) is 48.5 Å². The van der Waals surface area contributed by atoms with Crippen molar-refractivity contribution in [3.05, 3.63) is 105 Å². The lowest BCUT2D eigenvalue weighted by molar-refractivity contribution is -0.270. The minimum atomic E-state index is -1.36. The zero-order valence-corrected chi connectivity index (χ0v) is 34.9. The molecule has 5 aromatic rings. The summed E-state index contributed by atoms with van der Waals surface area (Å²) in [6, 6.07) is 19.1. The summed E-state index contributed by atoms with van der Waals surface area (Å²) in [5.41, 5.74) is 4.10. The molecule has 19 heteroatoms.